The molecule has 7 heteroatoms. The van der Waals surface area contributed by atoms with Crippen molar-refractivity contribution in [3.05, 3.63) is 46.5 Å². The molecule has 0 spiro atoms. The molecule has 180 valence electrons. The highest BCUT2D eigenvalue weighted by Crippen LogP contribution is 2.63. The fourth-order valence-electron chi connectivity index (χ4n) is 6.28. The van der Waals surface area contributed by atoms with Gasteiger partial charge in [0, 0.05) is 17.3 Å². The smallest absolute Gasteiger partial charge is 0.225 e. The summed E-state index contributed by atoms with van der Waals surface area (Å²) in [7, 11) is 0. The largest absolute Gasteiger partial charge is 0.467 e. The molecule has 2 heterocycles. The Labute approximate surface area is 200 Å². The Bertz CT molecular complexity index is 951. The third-order valence-corrected chi connectivity index (χ3v) is 8.82. The molecule has 33 heavy (non-hydrogen) atoms. The lowest BCUT2D eigenvalue weighted by Gasteiger charge is -2.50. The number of thiophene rings is 1. The zero-order valence-electron chi connectivity index (χ0n) is 19.9. The summed E-state index contributed by atoms with van der Waals surface area (Å²) in [5, 5.41) is 19.2. The minimum absolute atomic E-state index is 0.000985. The van der Waals surface area contributed by atoms with Gasteiger partial charge >= 0.3 is 0 Å². The molecule has 2 saturated carbocycles. The Balaban J connectivity index is 1.49. The number of hydrogen-bond donors (Lipinski definition) is 3. The molecule has 3 N–H and O–H groups in total. The van der Waals surface area contributed by atoms with Crippen molar-refractivity contribution in [2.45, 2.75) is 83.9 Å². The van der Waals surface area contributed by atoms with Crippen LogP contribution in [0.1, 0.15) is 69.9 Å². The van der Waals surface area contributed by atoms with Crippen molar-refractivity contribution in [3.8, 4) is 0 Å². The van der Waals surface area contributed by atoms with Crippen molar-refractivity contribution in [3.63, 3.8) is 0 Å². The van der Waals surface area contributed by atoms with Gasteiger partial charge in [0.15, 0.2) is 0 Å². The van der Waals surface area contributed by atoms with Gasteiger partial charge in [0.05, 0.1) is 24.8 Å². The van der Waals surface area contributed by atoms with E-state index in [1.807, 2.05) is 36.6 Å². The third kappa shape index (κ3) is 5.35. The van der Waals surface area contributed by atoms with Crippen LogP contribution in [0.4, 0.5) is 0 Å². The number of carbonyl (C=O) groups excluding carboxylic acids is 2. The SMILES string of the molecule is CC1(C)C[C@H](NC(=O)Cc2cccs2)[C@@]2(CCC(=O)NCc3ccco3)CC[C@](C)(O)C[C@@H]12. The first-order valence-electron chi connectivity index (χ1n) is 11.9. The molecule has 6 nitrogen and oxygen atoms in total. The summed E-state index contributed by atoms with van der Waals surface area (Å²) >= 11 is 1.59. The maximum absolute atomic E-state index is 12.9. The molecule has 4 rings (SSSR count). The molecule has 0 aliphatic heterocycles. The molecule has 0 aromatic carbocycles. The fourth-order valence-corrected chi connectivity index (χ4v) is 6.99. The van der Waals surface area contributed by atoms with Gasteiger partial charge in [-0.25, -0.2) is 0 Å². The standard InChI is InChI=1S/C26H36N2O4S/c1-24(2)16-21(28-23(30)14-19-7-5-13-33-19)26(11-10-25(3,31)15-20(24)26)9-8-22(29)27-17-18-6-4-12-32-18/h4-7,12-13,20-21,31H,8-11,14-17H2,1-3H3,(H,27,29)(H,28,30)/t20-,21-,25-,26-/m0/s1. The van der Waals surface area contributed by atoms with E-state index in [4.69, 9.17) is 4.42 Å². The Morgan fingerprint density at radius 3 is 2.67 bits per heavy atom. The van der Waals surface area contributed by atoms with Crippen molar-refractivity contribution < 1.29 is 19.1 Å². The Kier molecular flexibility index (Phi) is 6.74. The number of amides is 2. The summed E-state index contributed by atoms with van der Waals surface area (Å²) in [6.45, 7) is 6.79. The van der Waals surface area contributed by atoms with E-state index < -0.39 is 5.60 Å². The highest BCUT2D eigenvalue weighted by molar-refractivity contribution is 7.10. The van der Waals surface area contributed by atoms with Crippen LogP contribution in [0.2, 0.25) is 0 Å². The number of rotatable bonds is 8. The van der Waals surface area contributed by atoms with Crippen LogP contribution < -0.4 is 10.6 Å². The van der Waals surface area contributed by atoms with Crippen molar-refractivity contribution >= 4 is 23.2 Å². The van der Waals surface area contributed by atoms with Crippen molar-refractivity contribution in [1.82, 2.24) is 10.6 Å². The number of aliphatic hydroxyl groups is 1. The zero-order valence-corrected chi connectivity index (χ0v) is 20.7. The Morgan fingerprint density at radius 2 is 1.97 bits per heavy atom. The van der Waals surface area contributed by atoms with E-state index >= 15 is 0 Å². The first-order valence-corrected chi connectivity index (χ1v) is 12.8. The van der Waals surface area contributed by atoms with Crippen molar-refractivity contribution in [2.75, 3.05) is 0 Å². The quantitative estimate of drug-likeness (QED) is 0.530. The number of furan rings is 1. The highest BCUT2D eigenvalue weighted by Gasteiger charge is 2.61. The Morgan fingerprint density at radius 1 is 1.15 bits per heavy atom. The second-order valence-electron chi connectivity index (χ2n) is 10.9. The lowest BCUT2D eigenvalue weighted by Crippen LogP contribution is -2.53. The molecule has 2 aliphatic rings. The van der Waals surface area contributed by atoms with Gasteiger partial charge in [-0.05, 0) is 79.4 Å². The molecule has 2 amide bonds. The lowest BCUT2D eigenvalue weighted by molar-refractivity contribution is -0.125. The summed E-state index contributed by atoms with van der Waals surface area (Å²) in [5.74, 6) is 0.996. The maximum atomic E-state index is 12.9. The number of fused-ring (bicyclic) bond motifs is 1. The number of hydrogen-bond acceptors (Lipinski definition) is 5. The van der Waals surface area contributed by atoms with Gasteiger partial charge in [0.2, 0.25) is 11.8 Å². The molecule has 0 unspecified atom stereocenters. The van der Waals surface area contributed by atoms with Crippen molar-refractivity contribution in [1.29, 1.82) is 0 Å². The molecule has 0 radical (unpaired) electrons. The summed E-state index contributed by atoms with van der Waals surface area (Å²) in [4.78, 5) is 26.7. The van der Waals surface area contributed by atoms with Crippen molar-refractivity contribution in [2.24, 2.45) is 16.7 Å². The predicted octanol–water partition coefficient (Wildman–Crippen LogP) is 4.43. The van der Waals surface area contributed by atoms with E-state index in [1.165, 1.54) is 0 Å². The average molecular weight is 473 g/mol. The van der Waals surface area contributed by atoms with Gasteiger partial charge in [-0.15, -0.1) is 11.3 Å². The number of carbonyl (C=O) groups is 2. The van der Waals surface area contributed by atoms with E-state index in [0.29, 0.717) is 38.6 Å². The molecular weight excluding hydrogens is 436 g/mol. The second-order valence-corrected chi connectivity index (χ2v) is 11.9. The summed E-state index contributed by atoms with van der Waals surface area (Å²) < 4.78 is 5.31. The van der Waals surface area contributed by atoms with Crippen LogP contribution in [0.25, 0.3) is 0 Å². The van der Waals surface area contributed by atoms with E-state index in [1.54, 1.807) is 17.6 Å². The van der Waals surface area contributed by atoms with Gasteiger partial charge in [-0.1, -0.05) is 19.9 Å². The van der Waals surface area contributed by atoms with Crippen LogP contribution in [-0.4, -0.2) is 28.6 Å². The summed E-state index contributed by atoms with van der Waals surface area (Å²) in [6, 6.07) is 7.61. The molecule has 2 aliphatic carbocycles. The predicted molar refractivity (Wildman–Crippen MR) is 129 cm³/mol. The molecule has 4 atom stereocenters. The minimum Gasteiger partial charge on any atom is -0.467 e. The van der Waals surface area contributed by atoms with E-state index in [2.05, 4.69) is 24.5 Å². The van der Waals surface area contributed by atoms with Gasteiger partial charge in [-0.2, -0.15) is 0 Å². The normalized spacial score (nSPS) is 30.5. The summed E-state index contributed by atoms with van der Waals surface area (Å²) in [6.07, 6.45) is 6.13. The van der Waals surface area contributed by atoms with E-state index in [9.17, 15) is 14.7 Å². The van der Waals surface area contributed by atoms with Gasteiger partial charge < -0.3 is 20.2 Å². The third-order valence-electron chi connectivity index (χ3n) is 7.94. The monoisotopic (exact) mass is 472 g/mol. The molecular formula is C26H36N2O4S. The van der Waals surface area contributed by atoms with Gasteiger partial charge in [0.1, 0.15) is 5.76 Å². The fraction of sp³-hybridized carbons (Fsp3) is 0.615. The van der Waals surface area contributed by atoms with Crippen LogP contribution in [0.3, 0.4) is 0 Å². The first-order chi connectivity index (χ1) is 15.6. The topological polar surface area (TPSA) is 91.6 Å². The second kappa shape index (κ2) is 9.26. The molecule has 2 fully saturated rings. The first kappa shape index (κ1) is 24.0. The summed E-state index contributed by atoms with van der Waals surface area (Å²) in [5.41, 5.74) is -0.933. The average Bonchev–Trinajstić information content (AvgIpc) is 3.47. The molecule has 0 saturated heterocycles. The van der Waals surface area contributed by atoms with Crippen LogP contribution in [-0.2, 0) is 22.6 Å². The lowest BCUT2D eigenvalue weighted by atomic mass is 9.57. The van der Waals surface area contributed by atoms with Crippen LogP contribution in [0.15, 0.2) is 40.3 Å². The van der Waals surface area contributed by atoms with Gasteiger partial charge in [-0.3, -0.25) is 9.59 Å². The van der Waals surface area contributed by atoms with Crippen LogP contribution >= 0.6 is 11.3 Å². The zero-order chi connectivity index (χ0) is 23.7. The minimum atomic E-state index is -0.706. The van der Waals surface area contributed by atoms with E-state index in [0.717, 1.165) is 23.5 Å². The molecule has 0 bridgehead atoms. The van der Waals surface area contributed by atoms with Crippen LogP contribution in [0.5, 0.6) is 0 Å². The maximum Gasteiger partial charge on any atom is 0.225 e. The molecule has 2 aromatic rings. The molecule has 2 aromatic heterocycles. The van der Waals surface area contributed by atoms with Crippen LogP contribution in [0, 0.1) is 16.7 Å². The van der Waals surface area contributed by atoms with E-state index in [-0.39, 0.29) is 34.6 Å². The van der Waals surface area contributed by atoms with Gasteiger partial charge in [0.25, 0.3) is 0 Å². The Hall–Kier alpha value is -2.12. The number of nitrogens with one attached hydrogen (secondary N) is 2. The highest BCUT2D eigenvalue weighted by atomic mass is 32.1.